The van der Waals surface area contributed by atoms with E-state index in [0.29, 0.717) is 11.7 Å². The van der Waals surface area contributed by atoms with Crippen molar-refractivity contribution in [3.63, 3.8) is 0 Å². The Morgan fingerprint density at radius 2 is 1.96 bits per heavy atom. The Morgan fingerprint density at radius 1 is 1.17 bits per heavy atom. The number of aromatic nitrogens is 2. The predicted molar refractivity (Wildman–Crippen MR) is 99.4 cm³/mol. The summed E-state index contributed by atoms with van der Waals surface area (Å²) in [6, 6.07) is 6.14. The van der Waals surface area contributed by atoms with Crippen LogP contribution in [0.25, 0.3) is 0 Å². The van der Waals surface area contributed by atoms with Gasteiger partial charge in [0.25, 0.3) is 5.91 Å². The minimum atomic E-state index is -0.256. The third kappa shape index (κ3) is 4.32. The third-order valence-corrected chi connectivity index (χ3v) is 5.15. The molecule has 1 saturated carbocycles. The van der Waals surface area contributed by atoms with Crippen molar-refractivity contribution >= 4 is 33.3 Å². The molecule has 1 aromatic carbocycles. The summed E-state index contributed by atoms with van der Waals surface area (Å²) in [5, 5.41) is 6.24. The number of hydrogen-bond acceptors (Lipinski definition) is 4. The number of amides is 1. The molecule has 24 heavy (non-hydrogen) atoms. The molecule has 1 amide bonds. The highest BCUT2D eigenvalue weighted by Crippen LogP contribution is 2.21. The maximum Gasteiger partial charge on any atom is 0.275 e. The molecule has 0 radical (unpaired) electrons. The zero-order valence-corrected chi connectivity index (χ0v) is 15.3. The van der Waals surface area contributed by atoms with E-state index in [1.54, 1.807) is 6.20 Å². The van der Waals surface area contributed by atoms with Crippen LogP contribution < -0.4 is 10.6 Å². The van der Waals surface area contributed by atoms with Gasteiger partial charge in [0, 0.05) is 16.2 Å². The highest BCUT2D eigenvalue weighted by Gasteiger charge is 2.14. The predicted octanol–water partition coefficient (Wildman–Crippen LogP) is 4.54. The largest absolute Gasteiger partial charge is 0.366 e. The van der Waals surface area contributed by atoms with E-state index in [-0.39, 0.29) is 5.91 Å². The third-order valence-electron chi connectivity index (χ3n) is 4.26. The first kappa shape index (κ1) is 16.9. The molecule has 126 valence electrons. The average molecular weight is 389 g/mol. The molecular weight excluding hydrogens is 368 g/mol. The zero-order chi connectivity index (χ0) is 16.9. The molecule has 6 heteroatoms. The van der Waals surface area contributed by atoms with E-state index >= 15 is 0 Å². The van der Waals surface area contributed by atoms with Crippen LogP contribution in [0, 0.1) is 6.92 Å². The Bertz CT molecular complexity index is 711. The molecule has 1 fully saturated rings. The van der Waals surface area contributed by atoms with Gasteiger partial charge < -0.3 is 10.6 Å². The first-order valence-electron chi connectivity index (χ1n) is 8.28. The van der Waals surface area contributed by atoms with E-state index in [9.17, 15) is 4.79 Å². The lowest BCUT2D eigenvalue weighted by Gasteiger charge is -2.23. The maximum absolute atomic E-state index is 12.3. The van der Waals surface area contributed by atoms with Crippen molar-refractivity contribution in [3.05, 3.63) is 46.3 Å². The molecule has 5 nitrogen and oxygen atoms in total. The summed E-state index contributed by atoms with van der Waals surface area (Å²) in [5.74, 6) is 0.478. The van der Waals surface area contributed by atoms with Crippen molar-refractivity contribution in [1.82, 2.24) is 9.97 Å². The van der Waals surface area contributed by atoms with Crippen LogP contribution >= 0.6 is 15.9 Å². The van der Waals surface area contributed by atoms with Gasteiger partial charge in [-0.15, -0.1) is 0 Å². The normalized spacial score (nSPS) is 15.1. The Labute approximate surface area is 150 Å². The Balaban J connectivity index is 1.61. The van der Waals surface area contributed by atoms with E-state index in [4.69, 9.17) is 0 Å². The minimum Gasteiger partial charge on any atom is -0.366 e. The maximum atomic E-state index is 12.3. The number of nitrogens with one attached hydrogen (secondary N) is 2. The monoisotopic (exact) mass is 388 g/mol. The fourth-order valence-electron chi connectivity index (χ4n) is 2.89. The van der Waals surface area contributed by atoms with Crippen molar-refractivity contribution in [2.24, 2.45) is 0 Å². The van der Waals surface area contributed by atoms with Crippen LogP contribution in [0.1, 0.15) is 48.2 Å². The molecule has 2 aromatic rings. The van der Waals surface area contributed by atoms with Crippen molar-refractivity contribution < 1.29 is 4.79 Å². The molecule has 0 aliphatic heterocycles. The Kier molecular flexibility index (Phi) is 5.45. The lowest BCUT2D eigenvalue weighted by molar-refractivity contribution is 0.102. The highest BCUT2D eigenvalue weighted by atomic mass is 79.9. The van der Waals surface area contributed by atoms with Crippen molar-refractivity contribution in [2.75, 3.05) is 10.6 Å². The van der Waals surface area contributed by atoms with Crippen LogP contribution in [0.4, 0.5) is 11.5 Å². The van der Waals surface area contributed by atoms with Crippen LogP contribution in [0.3, 0.4) is 0 Å². The summed E-state index contributed by atoms with van der Waals surface area (Å²) in [7, 11) is 0. The number of hydrogen-bond donors (Lipinski definition) is 2. The summed E-state index contributed by atoms with van der Waals surface area (Å²) >= 11 is 3.45. The van der Waals surface area contributed by atoms with Crippen LogP contribution in [0.5, 0.6) is 0 Å². The molecule has 2 N–H and O–H groups in total. The first-order chi connectivity index (χ1) is 11.6. The van der Waals surface area contributed by atoms with Gasteiger partial charge in [0.1, 0.15) is 11.5 Å². The van der Waals surface area contributed by atoms with Crippen molar-refractivity contribution in [3.8, 4) is 0 Å². The fraction of sp³-hybridized carbons (Fsp3) is 0.389. The van der Waals surface area contributed by atoms with Gasteiger partial charge in [-0.1, -0.05) is 35.2 Å². The topological polar surface area (TPSA) is 66.9 Å². The number of anilines is 2. The van der Waals surface area contributed by atoms with E-state index in [0.717, 1.165) is 21.5 Å². The van der Waals surface area contributed by atoms with Gasteiger partial charge >= 0.3 is 0 Å². The molecule has 1 heterocycles. The summed E-state index contributed by atoms with van der Waals surface area (Å²) in [5.41, 5.74) is 2.11. The van der Waals surface area contributed by atoms with Gasteiger partial charge in [-0.05, 0) is 43.5 Å². The summed E-state index contributed by atoms with van der Waals surface area (Å²) in [6.45, 7) is 1.98. The second-order valence-electron chi connectivity index (χ2n) is 6.18. The lowest BCUT2D eigenvalue weighted by Crippen LogP contribution is -2.23. The molecule has 0 saturated heterocycles. The number of carbonyl (C=O) groups excluding carboxylic acids is 1. The van der Waals surface area contributed by atoms with Crippen LogP contribution in [0.15, 0.2) is 35.1 Å². The van der Waals surface area contributed by atoms with Crippen LogP contribution in [-0.4, -0.2) is 21.9 Å². The van der Waals surface area contributed by atoms with E-state index in [1.165, 1.54) is 38.3 Å². The van der Waals surface area contributed by atoms with Crippen LogP contribution in [0.2, 0.25) is 0 Å². The average Bonchev–Trinajstić information content (AvgIpc) is 2.60. The second kappa shape index (κ2) is 7.75. The van der Waals surface area contributed by atoms with Crippen molar-refractivity contribution in [2.45, 2.75) is 45.1 Å². The van der Waals surface area contributed by atoms with Crippen LogP contribution in [-0.2, 0) is 0 Å². The molecule has 3 rings (SSSR count). The number of rotatable bonds is 4. The lowest BCUT2D eigenvalue weighted by atomic mass is 9.96. The number of aryl methyl sites for hydroxylation is 1. The Hall–Kier alpha value is -1.95. The summed E-state index contributed by atoms with van der Waals surface area (Å²) < 4.78 is 1.01. The standard InChI is InChI=1S/C18H21BrN4O/c1-12-9-14(7-8-15(12)19)23-18(24)16-10-21-17(11-20-16)22-13-5-3-2-4-6-13/h7-11,13H,2-6H2,1H3,(H,21,22)(H,23,24). The first-order valence-corrected chi connectivity index (χ1v) is 9.07. The molecule has 1 aliphatic rings. The van der Waals surface area contributed by atoms with Gasteiger partial charge in [0.2, 0.25) is 0 Å². The SMILES string of the molecule is Cc1cc(NC(=O)c2cnc(NC3CCCCC3)cn2)ccc1Br. The second-order valence-corrected chi connectivity index (χ2v) is 7.04. The molecule has 1 aromatic heterocycles. The smallest absolute Gasteiger partial charge is 0.275 e. The van der Waals surface area contributed by atoms with Crippen molar-refractivity contribution in [1.29, 1.82) is 0 Å². The number of halogens is 1. The molecule has 0 spiro atoms. The zero-order valence-electron chi connectivity index (χ0n) is 13.7. The van der Waals surface area contributed by atoms with E-state index in [2.05, 4.69) is 36.5 Å². The highest BCUT2D eigenvalue weighted by molar-refractivity contribution is 9.10. The number of nitrogens with zero attached hydrogens (tertiary/aromatic N) is 2. The molecular formula is C18H21BrN4O. The van der Waals surface area contributed by atoms with Gasteiger partial charge in [-0.3, -0.25) is 4.79 Å². The van der Waals surface area contributed by atoms with Gasteiger partial charge in [-0.2, -0.15) is 0 Å². The Morgan fingerprint density at radius 3 is 2.62 bits per heavy atom. The molecule has 0 bridgehead atoms. The minimum absolute atomic E-state index is 0.256. The molecule has 0 atom stereocenters. The number of benzene rings is 1. The molecule has 1 aliphatic carbocycles. The summed E-state index contributed by atoms with van der Waals surface area (Å²) in [6.07, 6.45) is 9.34. The van der Waals surface area contributed by atoms with Gasteiger partial charge in [-0.25, -0.2) is 9.97 Å². The van der Waals surface area contributed by atoms with E-state index < -0.39 is 0 Å². The molecule has 0 unspecified atom stereocenters. The fourth-order valence-corrected chi connectivity index (χ4v) is 3.14. The quantitative estimate of drug-likeness (QED) is 0.806. The summed E-state index contributed by atoms with van der Waals surface area (Å²) in [4.78, 5) is 20.8. The van der Waals surface area contributed by atoms with E-state index in [1.807, 2.05) is 25.1 Å². The number of carbonyl (C=O) groups is 1. The van der Waals surface area contributed by atoms with Gasteiger partial charge in [0.15, 0.2) is 0 Å². The van der Waals surface area contributed by atoms with Gasteiger partial charge in [0.05, 0.1) is 12.4 Å².